The van der Waals surface area contributed by atoms with Gasteiger partial charge in [-0.15, -0.1) is 0 Å². The average Bonchev–Trinajstić information content (AvgIpc) is 2.23. The van der Waals surface area contributed by atoms with E-state index < -0.39 is 0 Å². The number of anilines is 2. The Morgan fingerprint density at radius 2 is 2.20 bits per heavy atom. The molecule has 0 aromatic carbocycles. The number of nitrogen functional groups attached to an aromatic ring is 1. The topological polar surface area (TPSA) is 71.2 Å². The molecule has 0 amide bonds. The summed E-state index contributed by atoms with van der Waals surface area (Å²) in [6.45, 7) is 5.91. The van der Waals surface area contributed by atoms with Crippen molar-refractivity contribution < 1.29 is 5.11 Å². The molecule has 0 aliphatic rings. The molecule has 0 aliphatic heterocycles. The third-order valence-electron chi connectivity index (χ3n) is 2.62. The van der Waals surface area contributed by atoms with Gasteiger partial charge in [0.1, 0.15) is 5.82 Å². The maximum Gasteiger partial charge on any atom is 0.149 e. The van der Waals surface area contributed by atoms with Crippen LogP contribution in [0, 0.1) is 6.92 Å². The van der Waals surface area contributed by atoms with Crippen molar-refractivity contribution in [1.82, 2.24) is 4.98 Å². The summed E-state index contributed by atoms with van der Waals surface area (Å²) in [5.41, 5.74) is 6.94. The molecule has 0 bridgehead atoms. The Balaban J connectivity index is 2.92. The minimum absolute atomic E-state index is 0.0541. The lowest BCUT2D eigenvalue weighted by Gasteiger charge is -2.28. The molecule has 1 atom stereocenters. The molecular weight excluding hydrogens is 190 g/mol. The Hall–Kier alpha value is -1.29. The van der Waals surface area contributed by atoms with Gasteiger partial charge in [-0.3, -0.25) is 0 Å². The Morgan fingerprint density at radius 3 is 2.73 bits per heavy atom. The molecule has 0 saturated heterocycles. The maximum absolute atomic E-state index is 9.28. The van der Waals surface area contributed by atoms with Gasteiger partial charge in [-0.1, -0.05) is 6.92 Å². The standard InChI is InChI=1S/C11H19N3O/c1-4-11(3,7-15)14-10-9(12)6-5-8(2)13-10/h5-6,15H,4,7,12H2,1-3H3,(H,13,14). The van der Waals surface area contributed by atoms with Gasteiger partial charge in [-0.05, 0) is 32.4 Å². The molecule has 1 aromatic rings. The van der Waals surface area contributed by atoms with E-state index in [0.717, 1.165) is 12.1 Å². The van der Waals surface area contributed by atoms with Gasteiger partial charge >= 0.3 is 0 Å². The van der Waals surface area contributed by atoms with Crippen LogP contribution in [-0.2, 0) is 0 Å². The smallest absolute Gasteiger partial charge is 0.149 e. The first kappa shape index (κ1) is 11.8. The van der Waals surface area contributed by atoms with Gasteiger partial charge in [-0.25, -0.2) is 4.98 Å². The van der Waals surface area contributed by atoms with Crippen molar-refractivity contribution in [2.75, 3.05) is 17.7 Å². The summed E-state index contributed by atoms with van der Waals surface area (Å²) in [6, 6.07) is 3.68. The van der Waals surface area contributed by atoms with Gasteiger partial charge in [0.05, 0.1) is 17.8 Å². The molecule has 84 valence electrons. The molecule has 4 N–H and O–H groups in total. The van der Waals surface area contributed by atoms with E-state index in [-0.39, 0.29) is 12.1 Å². The van der Waals surface area contributed by atoms with Crippen LogP contribution in [0.4, 0.5) is 11.5 Å². The van der Waals surface area contributed by atoms with Crippen molar-refractivity contribution in [3.05, 3.63) is 17.8 Å². The first-order valence-electron chi connectivity index (χ1n) is 5.13. The van der Waals surface area contributed by atoms with E-state index in [9.17, 15) is 5.11 Å². The lowest BCUT2D eigenvalue weighted by Crippen LogP contribution is -2.38. The third kappa shape index (κ3) is 2.83. The van der Waals surface area contributed by atoms with Crippen LogP contribution in [0.15, 0.2) is 12.1 Å². The van der Waals surface area contributed by atoms with Crippen LogP contribution in [0.25, 0.3) is 0 Å². The molecule has 1 rings (SSSR count). The van der Waals surface area contributed by atoms with Crippen LogP contribution < -0.4 is 11.1 Å². The van der Waals surface area contributed by atoms with Gasteiger partial charge in [0.2, 0.25) is 0 Å². The van der Waals surface area contributed by atoms with E-state index in [1.807, 2.05) is 32.9 Å². The van der Waals surface area contributed by atoms with E-state index in [4.69, 9.17) is 5.73 Å². The predicted molar refractivity (Wildman–Crippen MR) is 62.8 cm³/mol. The summed E-state index contributed by atoms with van der Waals surface area (Å²) in [6.07, 6.45) is 0.804. The number of aryl methyl sites for hydroxylation is 1. The van der Waals surface area contributed by atoms with Crippen LogP contribution in [-0.4, -0.2) is 22.2 Å². The van der Waals surface area contributed by atoms with Crippen molar-refractivity contribution in [3.63, 3.8) is 0 Å². The minimum Gasteiger partial charge on any atom is -0.396 e. The molecule has 0 fully saturated rings. The van der Waals surface area contributed by atoms with Crippen LogP contribution >= 0.6 is 0 Å². The average molecular weight is 209 g/mol. The fourth-order valence-electron chi connectivity index (χ4n) is 1.19. The largest absolute Gasteiger partial charge is 0.396 e. The van der Waals surface area contributed by atoms with Crippen molar-refractivity contribution in [3.8, 4) is 0 Å². The van der Waals surface area contributed by atoms with Crippen LogP contribution in [0.1, 0.15) is 26.0 Å². The minimum atomic E-state index is -0.366. The van der Waals surface area contributed by atoms with Crippen molar-refractivity contribution in [2.24, 2.45) is 0 Å². The Labute approximate surface area is 90.5 Å². The first-order valence-corrected chi connectivity index (χ1v) is 5.13. The number of nitrogens with zero attached hydrogens (tertiary/aromatic N) is 1. The number of aliphatic hydroxyl groups excluding tert-OH is 1. The summed E-state index contributed by atoms with van der Waals surface area (Å²) in [7, 11) is 0. The van der Waals surface area contributed by atoms with Crippen LogP contribution in [0.5, 0.6) is 0 Å². The zero-order valence-corrected chi connectivity index (χ0v) is 9.54. The number of hydrogen-bond donors (Lipinski definition) is 3. The summed E-state index contributed by atoms with van der Waals surface area (Å²) >= 11 is 0. The second-order valence-corrected chi connectivity index (χ2v) is 4.09. The van der Waals surface area contributed by atoms with E-state index in [1.54, 1.807) is 0 Å². The molecule has 4 heteroatoms. The highest BCUT2D eigenvalue weighted by Gasteiger charge is 2.21. The number of aromatic nitrogens is 1. The molecule has 1 heterocycles. The second-order valence-electron chi connectivity index (χ2n) is 4.09. The highest BCUT2D eigenvalue weighted by Crippen LogP contribution is 2.21. The second kappa shape index (κ2) is 4.49. The Kier molecular flexibility index (Phi) is 3.52. The van der Waals surface area contributed by atoms with Crippen LogP contribution in [0.3, 0.4) is 0 Å². The molecule has 1 aromatic heterocycles. The van der Waals surface area contributed by atoms with Crippen molar-refractivity contribution in [2.45, 2.75) is 32.7 Å². The third-order valence-corrected chi connectivity index (χ3v) is 2.62. The summed E-state index contributed by atoms with van der Waals surface area (Å²) in [4.78, 5) is 4.31. The number of nitrogens with two attached hydrogens (primary N) is 1. The number of pyridine rings is 1. The first-order chi connectivity index (χ1) is 7.00. The quantitative estimate of drug-likeness (QED) is 0.703. The molecule has 0 aliphatic carbocycles. The van der Waals surface area contributed by atoms with Crippen molar-refractivity contribution in [1.29, 1.82) is 0 Å². The molecule has 15 heavy (non-hydrogen) atoms. The zero-order valence-electron chi connectivity index (χ0n) is 9.54. The monoisotopic (exact) mass is 209 g/mol. The lowest BCUT2D eigenvalue weighted by molar-refractivity contribution is 0.218. The van der Waals surface area contributed by atoms with Gasteiger partial charge < -0.3 is 16.2 Å². The van der Waals surface area contributed by atoms with Crippen molar-refractivity contribution >= 4 is 11.5 Å². The van der Waals surface area contributed by atoms with Gasteiger partial charge in [-0.2, -0.15) is 0 Å². The summed E-state index contributed by atoms with van der Waals surface area (Å²) < 4.78 is 0. The maximum atomic E-state index is 9.28. The molecule has 0 spiro atoms. The number of nitrogens with one attached hydrogen (secondary N) is 1. The molecule has 0 saturated carbocycles. The fraction of sp³-hybridized carbons (Fsp3) is 0.545. The van der Waals surface area contributed by atoms with E-state index >= 15 is 0 Å². The lowest BCUT2D eigenvalue weighted by atomic mass is 10.0. The summed E-state index contributed by atoms with van der Waals surface area (Å²) in [5.74, 6) is 0.647. The summed E-state index contributed by atoms with van der Waals surface area (Å²) in [5, 5.41) is 12.5. The Bertz CT molecular complexity index is 335. The molecule has 0 radical (unpaired) electrons. The van der Waals surface area contributed by atoms with Gasteiger partial charge in [0.15, 0.2) is 0 Å². The van der Waals surface area contributed by atoms with Gasteiger partial charge in [0, 0.05) is 5.69 Å². The number of rotatable bonds is 4. The highest BCUT2D eigenvalue weighted by atomic mass is 16.3. The molecule has 4 nitrogen and oxygen atoms in total. The van der Waals surface area contributed by atoms with Crippen LogP contribution in [0.2, 0.25) is 0 Å². The number of aliphatic hydroxyl groups is 1. The van der Waals surface area contributed by atoms with E-state index in [2.05, 4.69) is 10.3 Å². The fourth-order valence-corrected chi connectivity index (χ4v) is 1.19. The van der Waals surface area contributed by atoms with E-state index in [0.29, 0.717) is 11.5 Å². The number of hydrogen-bond acceptors (Lipinski definition) is 4. The molecular formula is C11H19N3O. The molecule has 1 unspecified atom stereocenters. The SMILES string of the molecule is CCC(C)(CO)Nc1nc(C)ccc1N. The normalized spacial score (nSPS) is 14.7. The highest BCUT2D eigenvalue weighted by molar-refractivity contribution is 5.62. The predicted octanol–water partition coefficient (Wildman–Crippen LogP) is 1.55. The zero-order chi connectivity index (χ0) is 11.5. The van der Waals surface area contributed by atoms with Gasteiger partial charge in [0.25, 0.3) is 0 Å². The van der Waals surface area contributed by atoms with E-state index in [1.165, 1.54) is 0 Å². The Morgan fingerprint density at radius 1 is 1.53 bits per heavy atom.